The van der Waals surface area contributed by atoms with Gasteiger partial charge in [0, 0.05) is 31.0 Å². The Morgan fingerprint density at radius 1 is 0.943 bits per heavy atom. The number of carbonyl (C=O) groups is 1. The highest BCUT2D eigenvalue weighted by Gasteiger charge is 2.45. The van der Waals surface area contributed by atoms with Gasteiger partial charge in [0.2, 0.25) is 0 Å². The largest absolute Gasteiger partial charge is 0.379 e. The maximum absolute atomic E-state index is 13.3. The normalized spacial score (nSPS) is 16.2. The van der Waals surface area contributed by atoms with Crippen LogP contribution in [0.4, 0.5) is 17.3 Å². The second-order valence-corrected chi connectivity index (χ2v) is 16.8. The molecule has 0 atom stereocenters. The number of aromatic nitrogens is 3. The van der Waals surface area contributed by atoms with E-state index in [0.29, 0.717) is 28.2 Å². The lowest BCUT2D eigenvalue weighted by atomic mass is 10.2. The first-order valence-corrected chi connectivity index (χ1v) is 15.1. The topological polar surface area (TPSA) is 54.3 Å². The Balaban J connectivity index is 1.64. The van der Waals surface area contributed by atoms with Crippen molar-refractivity contribution in [3.8, 4) is 11.3 Å². The van der Waals surface area contributed by atoms with E-state index >= 15 is 0 Å². The fourth-order valence-electron chi connectivity index (χ4n) is 6.55. The Kier molecular flexibility index (Phi) is 5.86. The molecule has 5 rings (SSSR count). The zero-order valence-electron chi connectivity index (χ0n) is 22.0. The zero-order valence-corrected chi connectivity index (χ0v) is 23.0. The number of hydrogen-bond donors (Lipinski definition) is 0. The van der Waals surface area contributed by atoms with Crippen molar-refractivity contribution < 1.29 is 4.79 Å². The number of hydrogen-bond acceptors (Lipinski definition) is 4. The van der Waals surface area contributed by atoms with E-state index in [2.05, 4.69) is 80.2 Å². The minimum Gasteiger partial charge on any atom is -0.379 e. The first-order valence-electron chi connectivity index (χ1n) is 12.9. The summed E-state index contributed by atoms with van der Waals surface area (Å²) in [5, 5.41) is 0. The molecule has 2 aliphatic rings. The van der Waals surface area contributed by atoms with Gasteiger partial charge < -0.3 is 14.0 Å². The molecule has 0 radical (unpaired) electrons. The van der Waals surface area contributed by atoms with Crippen LogP contribution in [0.3, 0.4) is 0 Å². The summed E-state index contributed by atoms with van der Waals surface area (Å²) in [6.07, 6.45) is 8.53. The molecule has 3 aromatic rings. The number of fused-ring (bicyclic) bond motifs is 2. The van der Waals surface area contributed by atoms with Crippen LogP contribution >= 0.6 is 0 Å². The Hall–Kier alpha value is -2.93. The van der Waals surface area contributed by atoms with E-state index in [1.54, 1.807) is 11.1 Å². The molecule has 7 heteroatoms. The van der Waals surface area contributed by atoms with E-state index in [0.717, 1.165) is 41.4 Å². The summed E-state index contributed by atoms with van der Waals surface area (Å²) < 4.78 is 2.56. The monoisotopic (exact) mass is 487 g/mol. The van der Waals surface area contributed by atoms with Gasteiger partial charge in [0.25, 0.3) is 5.91 Å². The molecule has 1 amide bonds. The van der Waals surface area contributed by atoms with Crippen LogP contribution in [0.15, 0.2) is 48.9 Å². The third kappa shape index (κ3) is 3.63. The first-order chi connectivity index (χ1) is 16.7. The minimum atomic E-state index is -1.83. The van der Waals surface area contributed by atoms with Gasteiger partial charge >= 0.3 is 0 Å². The van der Waals surface area contributed by atoms with Gasteiger partial charge in [-0.15, -0.1) is 0 Å². The van der Waals surface area contributed by atoms with Gasteiger partial charge in [-0.1, -0.05) is 41.5 Å². The van der Waals surface area contributed by atoms with Crippen LogP contribution < -0.4 is 9.80 Å². The number of anilines is 3. The molecule has 184 valence electrons. The van der Waals surface area contributed by atoms with Crippen molar-refractivity contribution in [1.82, 2.24) is 14.2 Å². The highest BCUT2D eigenvalue weighted by atomic mass is 28.3. The van der Waals surface area contributed by atoms with Gasteiger partial charge in [-0.3, -0.25) is 4.79 Å². The number of rotatable bonds is 6. The Morgan fingerprint density at radius 2 is 1.63 bits per heavy atom. The van der Waals surface area contributed by atoms with Crippen molar-refractivity contribution in [3.63, 3.8) is 0 Å². The van der Waals surface area contributed by atoms with Crippen LogP contribution in [0, 0.1) is 0 Å². The fourth-order valence-corrected chi connectivity index (χ4v) is 13.0. The quantitative estimate of drug-likeness (QED) is 0.356. The van der Waals surface area contributed by atoms with Gasteiger partial charge in [0.05, 0.1) is 16.9 Å². The molecule has 0 aromatic carbocycles. The SMILES string of the molecule is CC(C)[Si](C(C)C)(C(C)C)n1ccc(-c2ccc3c(n2)N(C2CC2)c2ncccc2C(=O)N3C)c1. The van der Waals surface area contributed by atoms with E-state index < -0.39 is 8.24 Å². The molecular formula is C28H37N5OSi. The van der Waals surface area contributed by atoms with Gasteiger partial charge in [-0.2, -0.15) is 0 Å². The molecule has 0 saturated heterocycles. The van der Waals surface area contributed by atoms with Crippen LogP contribution in [-0.2, 0) is 0 Å². The van der Waals surface area contributed by atoms with Crippen LogP contribution in [0.5, 0.6) is 0 Å². The van der Waals surface area contributed by atoms with E-state index in [1.165, 1.54) is 0 Å². The molecule has 6 nitrogen and oxygen atoms in total. The lowest BCUT2D eigenvalue weighted by Gasteiger charge is -2.44. The summed E-state index contributed by atoms with van der Waals surface area (Å²) in [6.45, 7) is 14.3. The van der Waals surface area contributed by atoms with Crippen molar-refractivity contribution in [2.75, 3.05) is 16.8 Å². The maximum atomic E-state index is 13.3. The number of pyridine rings is 2. The summed E-state index contributed by atoms with van der Waals surface area (Å²) in [7, 11) is 0.00770. The molecule has 0 unspecified atom stereocenters. The second-order valence-electron chi connectivity index (χ2n) is 11.0. The van der Waals surface area contributed by atoms with Crippen molar-refractivity contribution in [2.24, 2.45) is 0 Å². The molecule has 1 fully saturated rings. The molecule has 0 bridgehead atoms. The lowest BCUT2D eigenvalue weighted by Crippen LogP contribution is -2.51. The van der Waals surface area contributed by atoms with Crippen LogP contribution in [0.25, 0.3) is 11.3 Å². The van der Waals surface area contributed by atoms with E-state index in [9.17, 15) is 4.79 Å². The van der Waals surface area contributed by atoms with Crippen molar-refractivity contribution in [2.45, 2.75) is 77.0 Å². The third-order valence-corrected chi connectivity index (χ3v) is 14.8. The highest BCUT2D eigenvalue weighted by Crippen LogP contribution is 2.46. The Morgan fingerprint density at radius 3 is 2.26 bits per heavy atom. The maximum Gasteiger partial charge on any atom is 0.261 e. The molecule has 0 spiro atoms. The predicted octanol–water partition coefficient (Wildman–Crippen LogP) is 6.86. The summed E-state index contributed by atoms with van der Waals surface area (Å²) in [6, 6.07) is 10.4. The second kappa shape index (κ2) is 8.62. The predicted molar refractivity (Wildman–Crippen MR) is 146 cm³/mol. The molecule has 35 heavy (non-hydrogen) atoms. The molecule has 1 aliphatic heterocycles. The zero-order chi connectivity index (χ0) is 25.1. The number of amides is 1. The number of carbonyl (C=O) groups excluding carboxylic acids is 1. The van der Waals surface area contributed by atoms with Gasteiger partial charge in [0.15, 0.2) is 14.1 Å². The minimum absolute atomic E-state index is 0.0419. The van der Waals surface area contributed by atoms with Crippen LogP contribution in [-0.4, -0.2) is 41.4 Å². The van der Waals surface area contributed by atoms with Crippen molar-refractivity contribution in [3.05, 3.63) is 54.5 Å². The first kappa shape index (κ1) is 23.8. The van der Waals surface area contributed by atoms with Gasteiger partial charge in [0.1, 0.15) is 5.82 Å². The van der Waals surface area contributed by atoms with Gasteiger partial charge in [-0.25, -0.2) is 9.97 Å². The summed E-state index contributed by atoms with van der Waals surface area (Å²) >= 11 is 0. The van der Waals surface area contributed by atoms with E-state index in [-0.39, 0.29) is 5.91 Å². The summed E-state index contributed by atoms with van der Waals surface area (Å²) in [5.41, 5.74) is 5.39. The summed E-state index contributed by atoms with van der Waals surface area (Å²) in [5.74, 6) is 1.50. The Labute approximate surface area is 210 Å². The molecule has 4 heterocycles. The fraction of sp³-hybridized carbons (Fsp3) is 0.464. The van der Waals surface area contributed by atoms with Gasteiger partial charge in [-0.05, 0) is 66.0 Å². The highest BCUT2D eigenvalue weighted by molar-refractivity contribution is 6.82. The lowest BCUT2D eigenvalue weighted by molar-refractivity contribution is 0.0994. The Bertz CT molecular complexity index is 1240. The van der Waals surface area contributed by atoms with Crippen LogP contribution in [0.1, 0.15) is 64.7 Å². The number of nitrogens with zero attached hydrogens (tertiary/aromatic N) is 5. The van der Waals surface area contributed by atoms with E-state index in [1.807, 2.05) is 25.2 Å². The molecule has 0 N–H and O–H groups in total. The van der Waals surface area contributed by atoms with Crippen molar-refractivity contribution in [1.29, 1.82) is 0 Å². The van der Waals surface area contributed by atoms with Crippen LogP contribution in [0.2, 0.25) is 16.6 Å². The smallest absolute Gasteiger partial charge is 0.261 e. The molecular weight excluding hydrogens is 450 g/mol. The average Bonchev–Trinajstić information content (AvgIpc) is 3.54. The summed E-state index contributed by atoms with van der Waals surface area (Å²) in [4.78, 5) is 27.0. The molecule has 3 aromatic heterocycles. The standard InChI is InChI=1S/C28H37N5OSi/c1-18(2)35(19(3)4,20(5)6)32-16-14-21(17-32)24-12-13-25-27(30-24)33(22-10-11-22)26-23(9-8-15-29-26)28(34)31(25)7/h8-9,12-20,22H,10-11H2,1-7H3. The molecule has 1 saturated carbocycles. The average molecular weight is 488 g/mol. The third-order valence-electron chi connectivity index (χ3n) is 8.12. The van der Waals surface area contributed by atoms with E-state index in [4.69, 9.17) is 4.98 Å². The molecule has 1 aliphatic carbocycles. The van der Waals surface area contributed by atoms with Crippen molar-refractivity contribution >= 4 is 31.5 Å².